The Labute approximate surface area is 130 Å². The van der Waals surface area contributed by atoms with Gasteiger partial charge in [0.1, 0.15) is 5.82 Å². The first-order chi connectivity index (χ1) is 10.1. The molecule has 0 unspecified atom stereocenters. The lowest BCUT2D eigenvalue weighted by atomic mass is 9.95. The molecule has 3 nitrogen and oxygen atoms in total. The van der Waals surface area contributed by atoms with Crippen molar-refractivity contribution in [2.24, 2.45) is 5.92 Å². The summed E-state index contributed by atoms with van der Waals surface area (Å²) in [5, 5.41) is 3.44. The van der Waals surface area contributed by atoms with Gasteiger partial charge in [-0.3, -0.25) is 4.90 Å². The Morgan fingerprint density at radius 1 is 1.29 bits per heavy atom. The van der Waals surface area contributed by atoms with Crippen LogP contribution < -0.4 is 5.32 Å². The van der Waals surface area contributed by atoms with Gasteiger partial charge in [-0.1, -0.05) is 33.3 Å². The topological polar surface area (TPSA) is 28.2 Å². The maximum absolute atomic E-state index is 4.62. The van der Waals surface area contributed by atoms with Crippen molar-refractivity contribution in [3.63, 3.8) is 0 Å². The summed E-state index contributed by atoms with van der Waals surface area (Å²) >= 11 is 0. The fourth-order valence-corrected chi connectivity index (χ4v) is 3.10. The normalized spacial score (nSPS) is 21.5. The van der Waals surface area contributed by atoms with Gasteiger partial charge in [0.15, 0.2) is 0 Å². The van der Waals surface area contributed by atoms with E-state index >= 15 is 0 Å². The second-order valence-electron chi connectivity index (χ2n) is 6.83. The van der Waals surface area contributed by atoms with Crippen LogP contribution in [0.2, 0.25) is 0 Å². The molecule has 0 spiro atoms. The monoisotopic (exact) mass is 289 g/mol. The standard InChI is InChI=1S/C18H31N3/c1-5-15(4)20-18-10-9-16(12-19-18)17-8-6-7-11-21(17)13-14(2)3/h9-10,12,14-15,17H,5-8,11,13H2,1-4H3,(H,19,20)/t15-,17-/m0/s1. The number of hydrogen-bond donors (Lipinski definition) is 1. The van der Waals surface area contributed by atoms with Crippen molar-refractivity contribution < 1.29 is 0 Å². The van der Waals surface area contributed by atoms with E-state index in [9.17, 15) is 0 Å². The molecule has 1 aromatic heterocycles. The quantitative estimate of drug-likeness (QED) is 0.837. The van der Waals surface area contributed by atoms with E-state index in [1.165, 1.54) is 37.9 Å². The van der Waals surface area contributed by atoms with Crippen LogP contribution in [-0.4, -0.2) is 29.0 Å². The Kier molecular flexibility index (Phi) is 6.04. The zero-order valence-corrected chi connectivity index (χ0v) is 14.1. The summed E-state index contributed by atoms with van der Waals surface area (Å²) in [7, 11) is 0. The molecule has 0 aliphatic carbocycles. The molecule has 0 amide bonds. The zero-order chi connectivity index (χ0) is 15.2. The number of anilines is 1. The third kappa shape index (κ3) is 4.70. The number of pyridine rings is 1. The predicted octanol–water partition coefficient (Wildman–Crippen LogP) is 4.48. The Hall–Kier alpha value is -1.09. The molecule has 2 heterocycles. The van der Waals surface area contributed by atoms with Crippen molar-refractivity contribution in [3.8, 4) is 0 Å². The maximum Gasteiger partial charge on any atom is 0.126 e. The van der Waals surface area contributed by atoms with Gasteiger partial charge in [-0.05, 0) is 50.3 Å². The molecule has 0 bridgehead atoms. The van der Waals surface area contributed by atoms with Gasteiger partial charge in [-0.2, -0.15) is 0 Å². The van der Waals surface area contributed by atoms with Crippen molar-refractivity contribution in [2.45, 2.75) is 65.5 Å². The molecule has 1 aliphatic heterocycles. The highest BCUT2D eigenvalue weighted by atomic mass is 15.2. The van der Waals surface area contributed by atoms with Crippen LogP contribution in [0.1, 0.15) is 65.0 Å². The van der Waals surface area contributed by atoms with Crippen LogP contribution in [0.15, 0.2) is 18.3 Å². The first-order valence-corrected chi connectivity index (χ1v) is 8.56. The van der Waals surface area contributed by atoms with Crippen LogP contribution >= 0.6 is 0 Å². The average molecular weight is 289 g/mol. The van der Waals surface area contributed by atoms with Crippen molar-refractivity contribution in [3.05, 3.63) is 23.9 Å². The molecule has 1 aromatic rings. The minimum absolute atomic E-state index is 0.482. The summed E-state index contributed by atoms with van der Waals surface area (Å²) in [6.45, 7) is 11.4. The molecule has 3 heteroatoms. The average Bonchev–Trinajstić information content (AvgIpc) is 2.48. The molecular formula is C18H31N3. The summed E-state index contributed by atoms with van der Waals surface area (Å²) in [5.74, 6) is 1.73. The Morgan fingerprint density at radius 3 is 2.71 bits per heavy atom. The van der Waals surface area contributed by atoms with Crippen molar-refractivity contribution >= 4 is 5.82 Å². The van der Waals surface area contributed by atoms with E-state index in [-0.39, 0.29) is 0 Å². The number of rotatable bonds is 6. The van der Waals surface area contributed by atoms with Gasteiger partial charge in [0.2, 0.25) is 0 Å². The highest BCUT2D eigenvalue weighted by Gasteiger charge is 2.24. The smallest absolute Gasteiger partial charge is 0.126 e. The van der Waals surface area contributed by atoms with E-state index < -0.39 is 0 Å². The third-order valence-corrected chi connectivity index (χ3v) is 4.39. The SMILES string of the molecule is CC[C@H](C)Nc1ccc([C@@H]2CCCCN2CC(C)C)cn1. The number of nitrogens with zero attached hydrogens (tertiary/aromatic N) is 2. The van der Waals surface area contributed by atoms with E-state index in [0.717, 1.165) is 18.2 Å². The molecule has 2 atom stereocenters. The van der Waals surface area contributed by atoms with E-state index in [4.69, 9.17) is 0 Å². The Bertz CT molecular complexity index is 413. The van der Waals surface area contributed by atoms with Crippen LogP contribution in [0.4, 0.5) is 5.82 Å². The van der Waals surface area contributed by atoms with Gasteiger partial charge in [0, 0.05) is 24.8 Å². The number of aromatic nitrogens is 1. The third-order valence-electron chi connectivity index (χ3n) is 4.39. The molecule has 1 fully saturated rings. The van der Waals surface area contributed by atoms with Gasteiger partial charge in [0.25, 0.3) is 0 Å². The van der Waals surface area contributed by atoms with Gasteiger partial charge in [-0.15, -0.1) is 0 Å². The molecule has 0 radical (unpaired) electrons. The fraction of sp³-hybridized carbons (Fsp3) is 0.722. The number of nitrogens with one attached hydrogen (secondary N) is 1. The Morgan fingerprint density at radius 2 is 2.10 bits per heavy atom. The molecule has 1 aliphatic rings. The lowest BCUT2D eigenvalue weighted by Gasteiger charge is -2.37. The summed E-state index contributed by atoms with van der Waals surface area (Å²) < 4.78 is 0. The second kappa shape index (κ2) is 7.79. The van der Waals surface area contributed by atoms with Gasteiger partial charge in [-0.25, -0.2) is 4.98 Å². The maximum atomic E-state index is 4.62. The molecule has 0 aromatic carbocycles. The zero-order valence-electron chi connectivity index (χ0n) is 14.1. The molecular weight excluding hydrogens is 258 g/mol. The highest BCUT2D eigenvalue weighted by Crippen LogP contribution is 2.31. The molecule has 118 valence electrons. The molecule has 1 N–H and O–H groups in total. The minimum atomic E-state index is 0.482. The Balaban J connectivity index is 2.05. The largest absolute Gasteiger partial charge is 0.368 e. The van der Waals surface area contributed by atoms with Gasteiger partial charge >= 0.3 is 0 Å². The number of hydrogen-bond acceptors (Lipinski definition) is 3. The predicted molar refractivity (Wildman–Crippen MR) is 90.6 cm³/mol. The minimum Gasteiger partial charge on any atom is -0.368 e. The van der Waals surface area contributed by atoms with E-state index in [1.54, 1.807) is 0 Å². The van der Waals surface area contributed by atoms with Crippen LogP contribution in [-0.2, 0) is 0 Å². The molecule has 21 heavy (non-hydrogen) atoms. The van der Waals surface area contributed by atoms with Crippen molar-refractivity contribution in [2.75, 3.05) is 18.4 Å². The fourth-order valence-electron chi connectivity index (χ4n) is 3.10. The second-order valence-corrected chi connectivity index (χ2v) is 6.83. The van der Waals surface area contributed by atoms with E-state index in [1.807, 2.05) is 0 Å². The number of piperidine rings is 1. The summed E-state index contributed by atoms with van der Waals surface area (Å²) in [6.07, 6.45) is 7.14. The summed E-state index contributed by atoms with van der Waals surface area (Å²) in [6, 6.07) is 5.45. The lowest BCUT2D eigenvalue weighted by molar-refractivity contribution is 0.132. The lowest BCUT2D eigenvalue weighted by Crippen LogP contribution is -2.36. The van der Waals surface area contributed by atoms with E-state index in [0.29, 0.717) is 12.1 Å². The van der Waals surface area contributed by atoms with E-state index in [2.05, 4.69) is 61.2 Å². The summed E-state index contributed by atoms with van der Waals surface area (Å²) in [5.41, 5.74) is 1.38. The number of likely N-dealkylation sites (tertiary alicyclic amines) is 1. The van der Waals surface area contributed by atoms with Gasteiger partial charge in [0.05, 0.1) is 0 Å². The van der Waals surface area contributed by atoms with Crippen LogP contribution in [0.25, 0.3) is 0 Å². The first-order valence-electron chi connectivity index (χ1n) is 8.56. The highest BCUT2D eigenvalue weighted by molar-refractivity contribution is 5.37. The van der Waals surface area contributed by atoms with Crippen LogP contribution in [0.5, 0.6) is 0 Å². The molecule has 2 rings (SSSR count). The van der Waals surface area contributed by atoms with Crippen LogP contribution in [0, 0.1) is 5.92 Å². The van der Waals surface area contributed by atoms with Crippen LogP contribution in [0.3, 0.4) is 0 Å². The van der Waals surface area contributed by atoms with Crippen molar-refractivity contribution in [1.82, 2.24) is 9.88 Å². The van der Waals surface area contributed by atoms with Crippen molar-refractivity contribution in [1.29, 1.82) is 0 Å². The summed E-state index contributed by atoms with van der Waals surface area (Å²) in [4.78, 5) is 7.26. The molecule has 0 saturated carbocycles. The van der Waals surface area contributed by atoms with Gasteiger partial charge < -0.3 is 5.32 Å². The first kappa shape index (κ1) is 16.3. The molecule has 1 saturated heterocycles.